The van der Waals surface area contributed by atoms with Crippen LogP contribution in [0.4, 0.5) is 11.6 Å². The van der Waals surface area contributed by atoms with Crippen molar-refractivity contribution in [2.75, 3.05) is 23.7 Å². The molecule has 0 aliphatic carbocycles. The van der Waals surface area contributed by atoms with E-state index < -0.39 is 5.60 Å². The van der Waals surface area contributed by atoms with Gasteiger partial charge in [0.05, 0.1) is 5.60 Å². The van der Waals surface area contributed by atoms with Crippen molar-refractivity contribution in [3.63, 3.8) is 0 Å². The molecule has 5 nitrogen and oxygen atoms in total. The number of nitrogen functional groups attached to an aromatic ring is 1. The van der Waals surface area contributed by atoms with Crippen LogP contribution in [-0.2, 0) is 0 Å². The molecule has 1 aromatic heterocycles. The molecule has 0 spiro atoms. The van der Waals surface area contributed by atoms with E-state index in [-0.39, 0.29) is 0 Å². The minimum atomic E-state index is -0.627. The quantitative estimate of drug-likeness (QED) is 0.699. The summed E-state index contributed by atoms with van der Waals surface area (Å²) in [6.45, 7) is 3.36. The number of anilines is 2. The SMILES string of the molecule is CC1(O)CCCN(c2cc(N)ncn2)C1. The molecule has 15 heavy (non-hydrogen) atoms. The number of aromatic nitrogens is 2. The maximum atomic E-state index is 9.96. The van der Waals surface area contributed by atoms with Gasteiger partial charge in [0.15, 0.2) is 0 Å². The van der Waals surface area contributed by atoms with E-state index in [1.807, 2.05) is 11.8 Å². The zero-order chi connectivity index (χ0) is 10.9. The van der Waals surface area contributed by atoms with Gasteiger partial charge in [-0.2, -0.15) is 0 Å². The third-order valence-corrected chi connectivity index (χ3v) is 2.67. The van der Waals surface area contributed by atoms with Crippen LogP contribution in [0.15, 0.2) is 12.4 Å². The maximum absolute atomic E-state index is 9.96. The molecule has 0 saturated carbocycles. The van der Waals surface area contributed by atoms with E-state index >= 15 is 0 Å². The Balaban J connectivity index is 2.17. The lowest BCUT2D eigenvalue weighted by Crippen LogP contribution is -2.46. The van der Waals surface area contributed by atoms with Crippen molar-refractivity contribution >= 4 is 11.6 Å². The Bertz CT molecular complexity index is 353. The molecule has 0 amide bonds. The van der Waals surface area contributed by atoms with E-state index in [0.717, 1.165) is 25.2 Å². The number of hydrogen-bond acceptors (Lipinski definition) is 5. The van der Waals surface area contributed by atoms with Crippen molar-refractivity contribution in [1.29, 1.82) is 0 Å². The third-order valence-electron chi connectivity index (χ3n) is 2.67. The number of rotatable bonds is 1. The van der Waals surface area contributed by atoms with E-state index in [0.29, 0.717) is 12.4 Å². The monoisotopic (exact) mass is 208 g/mol. The fourth-order valence-corrected chi connectivity index (χ4v) is 1.95. The molecular weight excluding hydrogens is 192 g/mol. The van der Waals surface area contributed by atoms with Gasteiger partial charge in [0.25, 0.3) is 0 Å². The Hall–Kier alpha value is -1.36. The maximum Gasteiger partial charge on any atom is 0.134 e. The van der Waals surface area contributed by atoms with Gasteiger partial charge in [-0.1, -0.05) is 0 Å². The van der Waals surface area contributed by atoms with Gasteiger partial charge < -0.3 is 15.7 Å². The van der Waals surface area contributed by atoms with Crippen LogP contribution in [0.25, 0.3) is 0 Å². The molecule has 1 fully saturated rings. The molecule has 1 aliphatic rings. The molecule has 0 aromatic carbocycles. The number of hydrogen-bond donors (Lipinski definition) is 2. The average Bonchev–Trinajstić information content (AvgIpc) is 2.16. The highest BCUT2D eigenvalue weighted by Gasteiger charge is 2.28. The van der Waals surface area contributed by atoms with Gasteiger partial charge in [-0.15, -0.1) is 0 Å². The van der Waals surface area contributed by atoms with Crippen molar-refractivity contribution in [2.24, 2.45) is 0 Å². The Kier molecular flexibility index (Phi) is 2.48. The highest BCUT2D eigenvalue weighted by atomic mass is 16.3. The van der Waals surface area contributed by atoms with E-state index in [1.165, 1.54) is 6.33 Å². The van der Waals surface area contributed by atoms with Crippen LogP contribution in [0.5, 0.6) is 0 Å². The number of nitrogens with two attached hydrogens (primary N) is 1. The summed E-state index contributed by atoms with van der Waals surface area (Å²) in [5.74, 6) is 1.26. The van der Waals surface area contributed by atoms with E-state index in [9.17, 15) is 5.11 Å². The van der Waals surface area contributed by atoms with Gasteiger partial charge in [-0.25, -0.2) is 9.97 Å². The number of piperidine rings is 1. The first kappa shape index (κ1) is 10.2. The van der Waals surface area contributed by atoms with Gasteiger partial charge in [0.2, 0.25) is 0 Å². The summed E-state index contributed by atoms with van der Waals surface area (Å²) in [4.78, 5) is 10.0. The Morgan fingerprint density at radius 3 is 3.00 bits per heavy atom. The predicted molar refractivity (Wildman–Crippen MR) is 58.5 cm³/mol. The summed E-state index contributed by atoms with van der Waals surface area (Å²) in [7, 11) is 0. The summed E-state index contributed by atoms with van der Waals surface area (Å²) < 4.78 is 0. The van der Waals surface area contributed by atoms with Crippen LogP contribution < -0.4 is 10.6 Å². The first-order valence-corrected chi connectivity index (χ1v) is 5.12. The zero-order valence-electron chi connectivity index (χ0n) is 8.85. The summed E-state index contributed by atoms with van der Waals surface area (Å²) in [6, 6.07) is 1.74. The third kappa shape index (κ3) is 2.36. The second-order valence-corrected chi connectivity index (χ2v) is 4.32. The number of aliphatic hydroxyl groups is 1. The molecule has 1 aromatic rings. The molecule has 0 radical (unpaired) electrons. The summed E-state index contributed by atoms with van der Waals surface area (Å²) in [5, 5.41) is 9.96. The van der Waals surface area contributed by atoms with Gasteiger partial charge in [-0.3, -0.25) is 0 Å². The van der Waals surface area contributed by atoms with Gasteiger partial charge >= 0.3 is 0 Å². The summed E-state index contributed by atoms with van der Waals surface area (Å²) >= 11 is 0. The van der Waals surface area contributed by atoms with Crippen LogP contribution in [0, 0.1) is 0 Å². The second kappa shape index (κ2) is 3.66. The van der Waals surface area contributed by atoms with Crippen LogP contribution >= 0.6 is 0 Å². The molecule has 2 rings (SSSR count). The molecule has 1 atom stereocenters. The molecule has 5 heteroatoms. The van der Waals surface area contributed by atoms with Crippen molar-refractivity contribution < 1.29 is 5.11 Å². The van der Waals surface area contributed by atoms with Crippen LogP contribution in [0.3, 0.4) is 0 Å². The molecule has 3 N–H and O–H groups in total. The molecular formula is C10H16N4O. The first-order valence-electron chi connectivity index (χ1n) is 5.12. The Labute approximate surface area is 88.9 Å². The van der Waals surface area contributed by atoms with Gasteiger partial charge in [-0.05, 0) is 19.8 Å². The molecule has 1 saturated heterocycles. The van der Waals surface area contributed by atoms with Crippen molar-refractivity contribution in [3.05, 3.63) is 12.4 Å². The molecule has 0 bridgehead atoms. The summed E-state index contributed by atoms with van der Waals surface area (Å²) in [6.07, 6.45) is 3.26. The number of nitrogens with zero attached hydrogens (tertiary/aromatic N) is 3. The highest BCUT2D eigenvalue weighted by Crippen LogP contribution is 2.24. The minimum absolute atomic E-state index is 0.463. The van der Waals surface area contributed by atoms with Crippen LogP contribution in [0.1, 0.15) is 19.8 Å². The van der Waals surface area contributed by atoms with Crippen molar-refractivity contribution in [1.82, 2.24) is 9.97 Å². The largest absolute Gasteiger partial charge is 0.388 e. The first-order chi connectivity index (χ1) is 7.07. The van der Waals surface area contributed by atoms with E-state index in [4.69, 9.17) is 5.73 Å². The Morgan fingerprint density at radius 2 is 2.33 bits per heavy atom. The fourth-order valence-electron chi connectivity index (χ4n) is 1.95. The normalized spacial score (nSPS) is 26.7. The lowest BCUT2D eigenvalue weighted by Gasteiger charge is -2.37. The van der Waals surface area contributed by atoms with E-state index in [1.54, 1.807) is 6.07 Å². The Morgan fingerprint density at radius 1 is 1.53 bits per heavy atom. The summed E-state index contributed by atoms with van der Waals surface area (Å²) in [5.41, 5.74) is 4.97. The van der Waals surface area contributed by atoms with Crippen molar-refractivity contribution in [2.45, 2.75) is 25.4 Å². The fraction of sp³-hybridized carbons (Fsp3) is 0.600. The van der Waals surface area contributed by atoms with Crippen molar-refractivity contribution in [3.8, 4) is 0 Å². The second-order valence-electron chi connectivity index (χ2n) is 4.32. The molecule has 1 unspecified atom stereocenters. The lowest BCUT2D eigenvalue weighted by molar-refractivity contribution is 0.0447. The number of β-amino-alcohol motifs (C(OH)–C–C–N with tert-alkyl or cyclic N) is 1. The highest BCUT2D eigenvalue weighted by molar-refractivity contribution is 5.46. The minimum Gasteiger partial charge on any atom is -0.388 e. The topological polar surface area (TPSA) is 75.3 Å². The molecule has 2 heterocycles. The van der Waals surface area contributed by atoms with Gasteiger partial charge in [0, 0.05) is 19.2 Å². The zero-order valence-corrected chi connectivity index (χ0v) is 8.85. The standard InChI is InChI=1S/C10H16N4O/c1-10(15)3-2-4-14(6-10)9-5-8(11)12-7-13-9/h5,7,15H,2-4,6H2,1H3,(H2,11,12,13). The van der Waals surface area contributed by atoms with E-state index in [2.05, 4.69) is 9.97 Å². The van der Waals surface area contributed by atoms with Gasteiger partial charge in [0.1, 0.15) is 18.0 Å². The molecule has 82 valence electrons. The molecule has 1 aliphatic heterocycles. The van der Waals surface area contributed by atoms with Crippen LogP contribution in [-0.4, -0.2) is 33.8 Å². The predicted octanol–water partition coefficient (Wildman–Crippen LogP) is 0.410. The van der Waals surface area contributed by atoms with Crippen LogP contribution in [0.2, 0.25) is 0 Å². The lowest BCUT2D eigenvalue weighted by atomic mass is 9.95. The average molecular weight is 208 g/mol. The smallest absolute Gasteiger partial charge is 0.134 e.